The van der Waals surface area contributed by atoms with E-state index in [0.29, 0.717) is 27.0 Å². The van der Waals surface area contributed by atoms with Crippen LogP contribution in [0, 0.1) is 5.82 Å². The molecule has 0 atom stereocenters. The average molecular weight is 404 g/mol. The minimum absolute atomic E-state index is 0.105. The monoisotopic (exact) mass is 403 g/mol. The normalized spacial score (nSPS) is 10.4. The number of nitrogens with zero attached hydrogens (tertiary/aromatic N) is 1. The van der Waals surface area contributed by atoms with E-state index in [1.54, 1.807) is 41.8 Å². The van der Waals surface area contributed by atoms with Crippen LogP contribution in [0.1, 0.15) is 16.8 Å². The van der Waals surface area contributed by atoms with Crippen LogP contribution in [-0.2, 0) is 4.79 Å². The van der Waals surface area contributed by atoms with Crippen LogP contribution in [0.3, 0.4) is 0 Å². The molecular formula is C19H15ClFN3O2S. The smallest absolute Gasteiger partial charge is 0.251 e. The van der Waals surface area contributed by atoms with Crippen molar-refractivity contribution in [2.45, 2.75) is 6.42 Å². The van der Waals surface area contributed by atoms with Gasteiger partial charge in [0.1, 0.15) is 5.82 Å². The summed E-state index contributed by atoms with van der Waals surface area (Å²) in [6.07, 6.45) is 0.105. The maximum atomic E-state index is 13.3. The van der Waals surface area contributed by atoms with Crippen molar-refractivity contribution in [1.82, 2.24) is 10.3 Å². The Morgan fingerprint density at radius 3 is 2.67 bits per heavy atom. The van der Waals surface area contributed by atoms with Crippen molar-refractivity contribution in [1.29, 1.82) is 0 Å². The van der Waals surface area contributed by atoms with Crippen molar-refractivity contribution in [2.75, 3.05) is 11.9 Å². The Morgan fingerprint density at radius 1 is 1.15 bits per heavy atom. The average Bonchev–Trinajstić information content (AvgIpc) is 3.10. The molecule has 2 N–H and O–H groups in total. The lowest BCUT2D eigenvalue weighted by Crippen LogP contribution is -2.27. The number of rotatable bonds is 6. The number of amides is 2. The first-order chi connectivity index (χ1) is 13.0. The largest absolute Gasteiger partial charge is 0.352 e. The van der Waals surface area contributed by atoms with Crippen LogP contribution in [0.2, 0.25) is 5.02 Å². The van der Waals surface area contributed by atoms with Gasteiger partial charge in [0.15, 0.2) is 5.13 Å². The van der Waals surface area contributed by atoms with Crippen molar-refractivity contribution in [2.24, 2.45) is 0 Å². The minimum atomic E-state index is -0.345. The minimum Gasteiger partial charge on any atom is -0.352 e. The third-order valence-electron chi connectivity index (χ3n) is 3.61. The molecule has 0 saturated carbocycles. The van der Waals surface area contributed by atoms with Gasteiger partial charge in [-0.25, -0.2) is 9.37 Å². The molecule has 3 rings (SSSR count). The molecule has 0 spiro atoms. The van der Waals surface area contributed by atoms with Gasteiger partial charge in [0, 0.05) is 34.5 Å². The van der Waals surface area contributed by atoms with Gasteiger partial charge in [-0.05, 0) is 36.4 Å². The van der Waals surface area contributed by atoms with Crippen molar-refractivity contribution in [3.63, 3.8) is 0 Å². The van der Waals surface area contributed by atoms with Gasteiger partial charge in [0.2, 0.25) is 5.91 Å². The summed E-state index contributed by atoms with van der Waals surface area (Å²) >= 11 is 7.03. The molecule has 0 aliphatic rings. The molecule has 0 fully saturated rings. The van der Waals surface area contributed by atoms with Crippen LogP contribution in [-0.4, -0.2) is 23.3 Å². The Bertz CT molecular complexity index is 960. The molecule has 138 valence electrons. The third-order valence-corrected chi connectivity index (χ3v) is 4.62. The fraction of sp³-hybridized carbons (Fsp3) is 0.105. The third kappa shape index (κ3) is 5.35. The predicted octanol–water partition coefficient (Wildman–Crippen LogP) is 4.36. The lowest BCUT2D eigenvalue weighted by atomic mass is 10.2. The number of aromatic nitrogens is 1. The maximum absolute atomic E-state index is 13.3. The molecule has 0 aliphatic carbocycles. The number of carbonyl (C=O) groups excluding carboxylic acids is 2. The molecule has 8 heteroatoms. The molecule has 27 heavy (non-hydrogen) atoms. The Hall–Kier alpha value is -2.77. The van der Waals surface area contributed by atoms with Crippen molar-refractivity contribution in [3.05, 3.63) is 70.3 Å². The Kier molecular flexibility index (Phi) is 6.16. The topological polar surface area (TPSA) is 71.1 Å². The fourth-order valence-electron chi connectivity index (χ4n) is 2.29. The molecule has 3 aromatic rings. The first-order valence-electron chi connectivity index (χ1n) is 8.06. The second-order valence-electron chi connectivity index (χ2n) is 5.61. The van der Waals surface area contributed by atoms with Crippen molar-refractivity contribution < 1.29 is 14.0 Å². The van der Waals surface area contributed by atoms with Gasteiger partial charge in [-0.3, -0.25) is 9.59 Å². The van der Waals surface area contributed by atoms with E-state index >= 15 is 0 Å². The van der Waals surface area contributed by atoms with E-state index in [2.05, 4.69) is 15.6 Å². The molecule has 5 nitrogen and oxygen atoms in total. The Labute approximate surface area is 164 Å². The SMILES string of the molecule is O=C(CCNC(=O)c1ccc(Cl)cc1)Nc1nc(-c2cccc(F)c2)cs1. The van der Waals surface area contributed by atoms with Gasteiger partial charge in [-0.2, -0.15) is 0 Å². The number of benzene rings is 2. The standard InChI is InChI=1S/C19H15ClFN3O2S/c20-14-6-4-12(5-7-14)18(26)22-9-8-17(25)24-19-23-16(11-27-19)13-2-1-3-15(21)10-13/h1-7,10-11H,8-9H2,(H,22,26)(H,23,24,25). The molecule has 0 aliphatic heterocycles. The van der Waals surface area contributed by atoms with Gasteiger partial charge in [0.05, 0.1) is 5.69 Å². The lowest BCUT2D eigenvalue weighted by molar-refractivity contribution is -0.116. The molecule has 2 aromatic carbocycles. The van der Waals surface area contributed by atoms with E-state index < -0.39 is 0 Å². The van der Waals surface area contributed by atoms with Gasteiger partial charge in [0.25, 0.3) is 5.91 Å². The summed E-state index contributed by atoms with van der Waals surface area (Å²) < 4.78 is 13.3. The zero-order valence-electron chi connectivity index (χ0n) is 14.0. The first-order valence-corrected chi connectivity index (χ1v) is 9.32. The summed E-state index contributed by atoms with van der Waals surface area (Å²) in [6.45, 7) is 0.190. The summed E-state index contributed by atoms with van der Waals surface area (Å²) in [5.74, 6) is -0.892. The van der Waals surface area contributed by atoms with E-state index in [9.17, 15) is 14.0 Å². The summed E-state index contributed by atoms with van der Waals surface area (Å²) in [6, 6.07) is 12.6. The molecule has 0 unspecified atom stereocenters. The van der Waals surface area contributed by atoms with Crippen LogP contribution in [0.4, 0.5) is 9.52 Å². The molecule has 1 heterocycles. The quantitative estimate of drug-likeness (QED) is 0.642. The predicted molar refractivity (Wildman–Crippen MR) is 105 cm³/mol. The van der Waals surface area contributed by atoms with Crippen molar-refractivity contribution in [3.8, 4) is 11.3 Å². The number of carbonyl (C=O) groups is 2. The van der Waals surface area contributed by atoms with Gasteiger partial charge in [-0.1, -0.05) is 23.7 Å². The number of thiazole rings is 1. The Balaban J connectivity index is 1.48. The highest BCUT2D eigenvalue weighted by Crippen LogP contribution is 2.25. The van der Waals surface area contributed by atoms with Gasteiger partial charge in [-0.15, -0.1) is 11.3 Å². The van der Waals surface area contributed by atoms with E-state index in [4.69, 9.17) is 11.6 Å². The van der Waals surface area contributed by atoms with Crippen LogP contribution in [0.15, 0.2) is 53.9 Å². The first kappa shape index (κ1) is 19.0. The Morgan fingerprint density at radius 2 is 1.93 bits per heavy atom. The molecule has 0 bridgehead atoms. The summed E-state index contributed by atoms with van der Waals surface area (Å²) in [7, 11) is 0. The second-order valence-corrected chi connectivity index (χ2v) is 6.90. The van der Waals surface area contributed by atoms with Crippen LogP contribution in [0.25, 0.3) is 11.3 Å². The van der Waals surface area contributed by atoms with E-state index in [-0.39, 0.29) is 30.6 Å². The highest BCUT2D eigenvalue weighted by Gasteiger charge is 2.10. The summed E-state index contributed by atoms with van der Waals surface area (Å²) in [4.78, 5) is 28.2. The highest BCUT2D eigenvalue weighted by atomic mass is 35.5. The zero-order valence-corrected chi connectivity index (χ0v) is 15.6. The zero-order chi connectivity index (χ0) is 19.2. The summed E-state index contributed by atoms with van der Waals surface area (Å²) in [5, 5.41) is 8.06. The lowest BCUT2D eigenvalue weighted by Gasteiger charge is -2.05. The van der Waals surface area contributed by atoms with E-state index in [1.165, 1.54) is 23.5 Å². The number of hydrogen-bond donors (Lipinski definition) is 2. The van der Waals surface area contributed by atoms with Gasteiger partial charge < -0.3 is 10.6 Å². The van der Waals surface area contributed by atoms with E-state index in [0.717, 1.165) is 0 Å². The van der Waals surface area contributed by atoms with Gasteiger partial charge >= 0.3 is 0 Å². The molecule has 2 amide bonds. The number of halogens is 2. The van der Waals surface area contributed by atoms with Crippen LogP contribution in [0.5, 0.6) is 0 Å². The number of nitrogens with one attached hydrogen (secondary N) is 2. The van der Waals surface area contributed by atoms with E-state index in [1.807, 2.05) is 0 Å². The maximum Gasteiger partial charge on any atom is 0.251 e. The fourth-order valence-corrected chi connectivity index (χ4v) is 3.15. The number of anilines is 1. The molecule has 1 aromatic heterocycles. The van der Waals surface area contributed by atoms with Crippen LogP contribution >= 0.6 is 22.9 Å². The second kappa shape index (κ2) is 8.75. The van der Waals surface area contributed by atoms with Crippen LogP contribution < -0.4 is 10.6 Å². The molecular weight excluding hydrogens is 389 g/mol. The molecule has 0 radical (unpaired) electrons. The molecule has 0 saturated heterocycles. The van der Waals surface area contributed by atoms with Crippen molar-refractivity contribution >= 4 is 39.9 Å². The highest BCUT2D eigenvalue weighted by molar-refractivity contribution is 7.14. The summed E-state index contributed by atoms with van der Waals surface area (Å²) in [5.41, 5.74) is 1.70. The number of hydrogen-bond acceptors (Lipinski definition) is 4.